The lowest BCUT2D eigenvalue weighted by Crippen LogP contribution is -2.45. The number of aryl methyl sites for hydroxylation is 1. The van der Waals surface area contributed by atoms with Crippen LogP contribution in [0, 0.1) is 5.92 Å². The van der Waals surface area contributed by atoms with Crippen LogP contribution in [0.5, 0.6) is 0 Å². The van der Waals surface area contributed by atoms with Gasteiger partial charge in [-0.15, -0.1) is 0 Å². The monoisotopic (exact) mass is 306 g/mol. The fourth-order valence-electron chi connectivity index (χ4n) is 2.48. The van der Waals surface area contributed by atoms with Gasteiger partial charge in [-0.25, -0.2) is 4.79 Å². The molecule has 1 atom stereocenters. The van der Waals surface area contributed by atoms with Crippen LogP contribution in [0.2, 0.25) is 0 Å². The van der Waals surface area contributed by atoms with Crippen LogP contribution in [-0.4, -0.2) is 33.8 Å². The van der Waals surface area contributed by atoms with Crippen LogP contribution in [0.3, 0.4) is 0 Å². The van der Waals surface area contributed by atoms with E-state index in [4.69, 9.17) is 5.11 Å². The Morgan fingerprint density at radius 3 is 2.55 bits per heavy atom. The molecule has 7 nitrogen and oxygen atoms in total. The highest BCUT2D eigenvalue weighted by Crippen LogP contribution is 2.18. The number of ketones is 1. The van der Waals surface area contributed by atoms with Crippen LogP contribution >= 0.6 is 0 Å². The zero-order valence-electron chi connectivity index (χ0n) is 12.4. The third kappa shape index (κ3) is 3.08. The quantitative estimate of drug-likeness (QED) is 0.758. The summed E-state index contributed by atoms with van der Waals surface area (Å²) >= 11 is 0. The molecule has 0 unspecified atom stereocenters. The Labute approximate surface area is 126 Å². The van der Waals surface area contributed by atoms with E-state index in [1.54, 1.807) is 13.8 Å². The number of aromatic nitrogens is 1. The largest absolute Gasteiger partial charge is 0.480 e. The van der Waals surface area contributed by atoms with E-state index in [0.717, 1.165) is 0 Å². The van der Waals surface area contributed by atoms with Gasteiger partial charge in [0.1, 0.15) is 11.6 Å². The van der Waals surface area contributed by atoms with Crippen molar-refractivity contribution in [2.45, 2.75) is 39.2 Å². The number of carbonyl (C=O) groups excluding carboxylic acids is 2. The Morgan fingerprint density at radius 1 is 1.27 bits per heavy atom. The lowest BCUT2D eigenvalue weighted by Gasteiger charge is -2.19. The number of H-pyrrole nitrogens is 1. The maximum Gasteiger partial charge on any atom is 0.326 e. The molecule has 0 aromatic carbocycles. The van der Waals surface area contributed by atoms with E-state index in [1.807, 2.05) is 0 Å². The van der Waals surface area contributed by atoms with E-state index < -0.39 is 23.5 Å². The average molecular weight is 306 g/mol. The van der Waals surface area contributed by atoms with Crippen LogP contribution in [0.1, 0.15) is 53.1 Å². The fourth-order valence-corrected chi connectivity index (χ4v) is 2.48. The van der Waals surface area contributed by atoms with E-state index in [0.29, 0.717) is 30.5 Å². The normalized spacial score (nSPS) is 15.3. The van der Waals surface area contributed by atoms with Crippen molar-refractivity contribution in [3.63, 3.8) is 0 Å². The van der Waals surface area contributed by atoms with Crippen molar-refractivity contribution in [2.24, 2.45) is 5.92 Å². The number of pyridine rings is 1. The summed E-state index contributed by atoms with van der Waals surface area (Å²) in [6, 6.07) is 0.170. The molecule has 2 rings (SSSR count). The molecule has 1 amide bonds. The first-order chi connectivity index (χ1) is 10.3. The van der Waals surface area contributed by atoms with Crippen molar-refractivity contribution in [1.82, 2.24) is 10.3 Å². The van der Waals surface area contributed by atoms with Gasteiger partial charge in [-0.2, -0.15) is 0 Å². The number of carboxylic acids is 1. The zero-order valence-corrected chi connectivity index (χ0v) is 12.4. The minimum atomic E-state index is -1.17. The third-order valence-corrected chi connectivity index (χ3v) is 3.72. The number of Topliss-reactive ketones (excluding diaryl/α,β-unsaturated/α-hetero) is 1. The molecule has 0 saturated carbocycles. The molecule has 1 heterocycles. The number of fused-ring (bicyclic) bond motifs is 1. The minimum Gasteiger partial charge on any atom is -0.480 e. The Balaban J connectivity index is 2.34. The molecule has 1 aromatic rings. The fraction of sp³-hybridized carbons (Fsp3) is 0.467. The first kappa shape index (κ1) is 15.9. The highest BCUT2D eigenvalue weighted by Gasteiger charge is 2.27. The zero-order chi connectivity index (χ0) is 16.4. The van der Waals surface area contributed by atoms with Crippen LogP contribution < -0.4 is 10.9 Å². The highest BCUT2D eigenvalue weighted by molar-refractivity contribution is 6.02. The third-order valence-electron chi connectivity index (χ3n) is 3.72. The molecule has 0 bridgehead atoms. The van der Waals surface area contributed by atoms with Gasteiger partial charge in [0, 0.05) is 17.7 Å². The van der Waals surface area contributed by atoms with Gasteiger partial charge >= 0.3 is 5.97 Å². The van der Waals surface area contributed by atoms with Gasteiger partial charge in [-0.3, -0.25) is 14.4 Å². The molecule has 1 aliphatic rings. The van der Waals surface area contributed by atoms with E-state index in [2.05, 4.69) is 10.3 Å². The molecule has 0 fully saturated rings. The van der Waals surface area contributed by atoms with Gasteiger partial charge in [0.15, 0.2) is 5.78 Å². The summed E-state index contributed by atoms with van der Waals surface area (Å²) in [5.41, 5.74) is 0.0311. The predicted molar refractivity (Wildman–Crippen MR) is 78.1 cm³/mol. The lowest BCUT2D eigenvalue weighted by molar-refractivity contribution is -0.140. The van der Waals surface area contributed by atoms with E-state index >= 15 is 0 Å². The molecule has 0 spiro atoms. The summed E-state index contributed by atoms with van der Waals surface area (Å²) in [5.74, 6) is -2.41. The Hall–Kier alpha value is -2.44. The second-order valence-corrected chi connectivity index (χ2v) is 5.71. The van der Waals surface area contributed by atoms with E-state index in [-0.39, 0.29) is 17.3 Å². The van der Waals surface area contributed by atoms with Crippen LogP contribution in [-0.2, 0) is 11.2 Å². The summed E-state index contributed by atoms with van der Waals surface area (Å²) in [7, 11) is 0. The van der Waals surface area contributed by atoms with Gasteiger partial charge < -0.3 is 15.4 Å². The van der Waals surface area contributed by atoms with E-state index in [1.165, 1.54) is 6.07 Å². The smallest absolute Gasteiger partial charge is 0.326 e. The second kappa shape index (κ2) is 6.13. The average Bonchev–Trinajstić information content (AvgIpc) is 2.43. The Bertz CT molecular complexity index is 690. The molecular weight excluding hydrogens is 288 g/mol. The van der Waals surface area contributed by atoms with Gasteiger partial charge in [0.2, 0.25) is 0 Å². The molecule has 3 N–H and O–H groups in total. The van der Waals surface area contributed by atoms with Crippen LogP contribution in [0.25, 0.3) is 0 Å². The number of nitrogens with one attached hydrogen (secondary N) is 2. The highest BCUT2D eigenvalue weighted by atomic mass is 16.4. The summed E-state index contributed by atoms with van der Waals surface area (Å²) in [4.78, 5) is 49.7. The standard InChI is InChI=1S/C15H18N2O5/c1-7(2)12(15(21)22)17-14(20)9-6-8-10(16-13(9)19)4-3-5-11(8)18/h6-7,12H,3-5H2,1-2H3,(H,16,19)(H,17,20)(H,21,22)/t12-/m0/s1. The molecule has 118 valence electrons. The van der Waals surface area contributed by atoms with Gasteiger partial charge in [-0.05, 0) is 24.8 Å². The Kier molecular flexibility index (Phi) is 4.44. The summed E-state index contributed by atoms with van der Waals surface area (Å²) < 4.78 is 0. The Morgan fingerprint density at radius 2 is 1.95 bits per heavy atom. The number of aliphatic carboxylic acids is 1. The molecule has 1 aliphatic carbocycles. The van der Waals surface area contributed by atoms with Crippen molar-refractivity contribution in [1.29, 1.82) is 0 Å². The van der Waals surface area contributed by atoms with Crippen molar-refractivity contribution in [3.8, 4) is 0 Å². The maximum absolute atomic E-state index is 12.2. The number of hydrogen-bond acceptors (Lipinski definition) is 4. The lowest BCUT2D eigenvalue weighted by atomic mass is 9.93. The molecule has 0 radical (unpaired) electrons. The SMILES string of the molecule is CC(C)[C@H](NC(=O)c1cc2c([nH]c1=O)CCCC2=O)C(=O)O. The summed E-state index contributed by atoms with van der Waals surface area (Å²) in [5, 5.41) is 11.4. The van der Waals surface area contributed by atoms with Crippen LogP contribution in [0.4, 0.5) is 0 Å². The van der Waals surface area contributed by atoms with Crippen molar-refractivity contribution < 1.29 is 19.5 Å². The molecule has 7 heteroatoms. The summed E-state index contributed by atoms with van der Waals surface area (Å²) in [6.07, 6.45) is 1.63. The molecule has 0 aliphatic heterocycles. The number of rotatable bonds is 4. The van der Waals surface area contributed by atoms with Gasteiger partial charge in [0.05, 0.1) is 0 Å². The number of hydrogen-bond donors (Lipinski definition) is 3. The first-order valence-electron chi connectivity index (χ1n) is 7.14. The topological polar surface area (TPSA) is 116 Å². The van der Waals surface area contributed by atoms with Gasteiger partial charge in [0.25, 0.3) is 11.5 Å². The number of aromatic amines is 1. The first-order valence-corrected chi connectivity index (χ1v) is 7.14. The molecule has 0 saturated heterocycles. The number of carboxylic acid groups (broad SMARTS) is 1. The van der Waals surface area contributed by atoms with Crippen molar-refractivity contribution in [3.05, 3.63) is 33.2 Å². The number of carbonyl (C=O) groups is 3. The summed E-state index contributed by atoms with van der Waals surface area (Å²) in [6.45, 7) is 3.30. The molecular formula is C15H18N2O5. The maximum atomic E-state index is 12.2. The molecule has 1 aromatic heterocycles. The molecule has 22 heavy (non-hydrogen) atoms. The minimum absolute atomic E-state index is 0.120. The van der Waals surface area contributed by atoms with Crippen molar-refractivity contribution in [2.75, 3.05) is 0 Å². The van der Waals surface area contributed by atoms with Crippen LogP contribution in [0.15, 0.2) is 10.9 Å². The van der Waals surface area contributed by atoms with Crippen molar-refractivity contribution >= 4 is 17.7 Å². The predicted octanol–water partition coefficient (Wildman–Crippen LogP) is 0.733. The van der Waals surface area contributed by atoms with E-state index in [9.17, 15) is 19.2 Å². The number of amides is 1. The second-order valence-electron chi connectivity index (χ2n) is 5.71. The van der Waals surface area contributed by atoms with Gasteiger partial charge in [-0.1, -0.05) is 13.8 Å².